The van der Waals surface area contributed by atoms with Gasteiger partial charge in [0.15, 0.2) is 4.80 Å². The molecule has 5 heteroatoms. The average molecular weight is 329 g/mol. The van der Waals surface area contributed by atoms with Crippen LogP contribution >= 0.6 is 11.3 Å². The summed E-state index contributed by atoms with van der Waals surface area (Å²) in [6.07, 6.45) is 7.70. The number of amides is 2. The van der Waals surface area contributed by atoms with Gasteiger partial charge in [-0.05, 0) is 43.4 Å². The van der Waals surface area contributed by atoms with Crippen LogP contribution in [0.1, 0.15) is 38.2 Å². The minimum atomic E-state index is -0.113. The van der Waals surface area contributed by atoms with Crippen LogP contribution < -0.4 is 4.80 Å². The molecular weight excluding hydrogens is 306 g/mol. The highest BCUT2D eigenvalue weighted by molar-refractivity contribution is 7.07. The largest absolute Gasteiger partial charge is 0.346 e. The van der Waals surface area contributed by atoms with Crippen LogP contribution in [0.4, 0.5) is 4.79 Å². The highest BCUT2D eigenvalue weighted by Gasteiger charge is 2.17. The summed E-state index contributed by atoms with van der Waals surface area (Å²) in [5.41, 5.74) is 2.41. The number of thiazole rings is 1. The van der Waals surface area contributed by atoms with E-state index in [4.69, 9.17) is 0 Å². The number of nitrogens with zero attached hydrogens (tertiary/aromatic N) is 3. The Balaban J connectivity index is 1.81. The van der Waals surface area contributed by atoms with Gasteiger partial charge in [0.25, 0.3) is 0 Å². The lowest BCUT2D eigenvalue weighted by atomic mass is 10.1. The van der Waals surface area contributed by atoms with Crippen molar-refractivity contribution in [3.05, 3.63) is 46.2 Å². The third-order valence-electron chi connectivity index (χ3n) is 4.19. The van der Waals surface area contributed by atoms with Crippen LogP contribution in [-0.2, 0) is 6.42 Å². The van der Waals surface area contributed by atoms with E-state index in [0.717, 1.165) is 42.8 Å². The third-order valence-corrected chi connectivity index (χ3v) is 4.95. The number of hydrogen-bond acceptors (Lipinski definition) is 2. The van der Waals surface area contributed by atoms with Gasteiger partial charge in [0, 0.05) is 30.4 Å². The molecule has 23 heavy (non-hydrogen) atoms. The first-order valence-corrected chi connectivity index (χ1v) is 9.25. The Kier molecular flexibility index (Phi) is 5.28. The molecule has 1 saturated heterocycles. The number of benzene rings is 1. The Morgan fingerprint density at radius 2 is 1.96 bits per heavy atom. The summed E-state index contributed by atoms with van der Waals surface area (Å²) in [6, 6.07) is 8.44. The van der Waals surface area contributed by atoms with Gasteiger partial charge in [-0.1, -0.05) is 25.5 Å². The summed E-state index contributed by atoms with van der Waals surface area (Å²) in [4.78, 5) is 19.1. The fourth-order valence-corrected chi connectivity index (χ4v) is 3.53. The van der Waals surface area contributed by atoms with E-state index in [1.807, 2.05) is 21.0 Å². The van der Waals surface area contributed by atoms with E-state index in [0.29, 0.717) is 0 Å². The average Bonchev–Trinajstić information content (AvgIpc) is 3.25. The quantitative estimate of drug-likeness (QED) is 0.835. The standard InChI is InChI=1S/C18H23N3OS/c1-2-3-6-15-7-9-16(10-8-15)21-13-14-23-18(21)19-17(22)20-11-4-5-12-20/h7-10,13-14H,2-6,11-12H2,1H3. The molecule has 2 amide bonds. The van der Waals surface area contributed by atoms with Gasteiger partial charge in [-0.25, -0.2) is 4.79 Å². The van der Waals surface area contributed by atoms with E-state index in [-0.39, 0.29) is 6.03 Å². The normalized spacial score (nSPS) is 15.3. The maximum absolute atomic E-state index is 12.2. The Morgan fingerprint density at radius 1 is 1.22 bits per heavy atom. The molecule has 0 aliphatic carbocycles. The minimum absolute atomic E-state index is 0.113. The first-order chi connectivity index (χ1) is 11.3. The van der Waals surface area contributed by atoms with Crippen LogP contribution in [0.3, 0.4) is 0 Å². The van der Waals surface area contributed by atoms with Gasteiger partial charge in [0.05, 0.1) is 0 Å². The Labute approximate surface area is 141 Å². The van der Waals surface area contributed by atoms with E-state index in [1.165, 1.54) is 29.7 Å². The van der Waals surface area contributed by atoms with Gasteiger partial charge >= 0.3 is 6.03 Å². The van der Waals surface area contributed by atoms with Crippen LogP contribution in [0.15, 0.2) is 40.8 Å². The van der Waals surface area contributed by atoms with Crippen molar-refractivity contribution in [3.8, 4) is 5.69 Å². The van der Waals surface area contributed by atoms with Crippen molar-refractivity contribution in [2.75, 3.05) is 13.1 Å². The zero-order valence-corrected chi connectivity index (χ0v) is 14.4. The molecule has 2 aromatic rings. The number of urea groups is 1. The zero-order valence-electron chi connectivity index (χ0n) is 13.6. The molecule has 3 rings (SSSR count). The summed E-state index contributed by atoms with van der Waals surface area (Å²) in [6.45, 7) is 3.88. The van der Waals surface area contributed by atoms with Gasteiger partial charge in [0.1, 0.15) is 0 Å². The van der Waals surface area contributed by atoms with Gasteiger partial charge in [-0.15, -0.1) is 11.3 Å². The maximum Gasteiger partial charge on any atom is 0.346 e. The van der Waals surface area contributed by atoms with Crippen molar-refractivity contribution in [2.24, 2.45) is 4.99 Å². The first-order valence-electron chi connectivity index (χ1n) is 8.37. The number of hydrogen-bond donors (Lipinski definition) is 0. The van der Waals surface area contributed by atoms with E-state index < -0.39 is 0 Å². The number of carbonyl (C=O) groups excluding carboxylic acids is 1. The maximum atomic E-state index is 12.2. The van der Waals surface area contributed by atoms with Gasteiger partial charge in [-0.2, -0.15) is 4.99 Å². The molecule has 0 N–H and O–H groups in total. The summed E-state index contributed by atoms with van der Waals surface area (Å²) < 4.78 is 1.99. The summed E-state index contributed by atoms with van der Waals surface area (Å²) in [5.74, 6) is 0. The van der Waals surface area contributed by atoms with Crippen LogP contribution in [0.5, 0.6) is 0 Å². The summed E-state index contributed by atoms with van der Waals surface area (Å²) in [5, 5.41) is 1.97. The molecular formula is C18H23N3OS. The molecule has 1 aliphatic rings. The molecule has 2 heterocycles. The molecule has 0 saturated carbocycles. The topological polar surface area (TPSA) is 37.6 Å². The van der Waals surface area contributed by atoms with Gasteiger partial charge in [0.2, 0.25) is 0 Å². The second kappa shape index (κ2) is 7.59. The molecule has 122 valence electrons. The molecule has 1 aromatic carbocycles. The van der Waals surface area contributed by atoms with E-state index in [2.05, 4.69) is 36.2 Å². The molecule has 4 nitrogen and oxygen atoms in total. The van der Waals surface area contributed by atoms with Crippen molar-refractivity contribution >= 4 is 17.4 Å². The van der Waals surface area contributed by atoms with E-state index in [9.17, 15) is 4.79 Å². The third kappa shape index (κ3) is 3.91. The predicted octanol–water partition coefficient (Wildman–Crippen LogP) is 4.00. The lowest BCUT2D eigenvalue weighted by Crippen LogP contribution is -2.27. The predicted molar refractivity (Wildman–Crippen MR) is 94.0 cm³/mol. The number of aryl methyl sites for hydroxylation is 1. The minimum Gasteiger partial charge on any atom is -0.323 e. The monoisotopic (exact) mass is 329 g/mol. The first kappa shape index (κ1) is 16.0. The Morgan fingerprint density at radius 3 is 2.65 bits per heavy atom. The van der Waals surface area contributed by atoms with Gasteiger partial charge in [-0.3, -0.25) is 4.57 Å². The summed E-state index contributed by atoms with van der Waals surface area (Å²) >= 11 is 1.50. The molecule has 1 aromatic heterocycles. The molecule has 0 atom stereocenters. The molecule has 1 aliphatic heterocycles. The van der Waals surface area contributed by atoms with Crippen molar-refractivity contribution in [1.29, 1.82) is 0 Å². The van der Waals surface area contributed by atoms with Crippen LogP contribution in [0, 0.1) is 0 Å². The number of unbranched alkanes of at least 4 members (excludes halogenated alkanes) is 1. The van der Waals surface area contributed by atoms with Crippen LogP contribution in [0.25, 0.3) is 5.69 Å². The molecule has 0 bridgehead atoms. The SMILES string of the molecule is CCCCc1ccc(-n2ccsc2=NC(=O)N2CCCC2)cc1. The fourth-order valence-electron chi connectivity index (χ4n) is 2.81. The van der Waals surface area contributed by atoms with E-state index >= 15 is 0 Å². The lowest BCUT2D eigenvalue weighted by molar-refractivity contribution is 0.218. The number of aromatic nitrogens is 1. The number of likely N-dealkylation sites (tertiary alicyclic amines) is 1. The second-order valence-electron chi connectivity index (χ2n) is 5.91. The fraction of sp³-hybridized carbons (Fsp3) is 0.444. The Bertz CT molecular complexity index is 708. The van der Waals surface area contributed by atoms with Crippen molar-refractivity contribution in [1.82, 2.24) is 9.47 Å². The smallest absolute Gasteiger partial charge is 0.323 e. The number of carbonyl (C=O) groups is 1. The highest BCUT2D eigenvalue weighted by Crippen LogP contribution is 2.12. The number of rotatable bonds is 4. The highest BCUT2D eigenvalue weighted by atomic mass is 32.1. The molecule has 0 unspecified atom stereocenters. The Hall–Kier alpha value is -1.88. The lowest BCUT2D eigenvalue weighted by Gasteiger charge is -2.10. The van der Waals surface area contributed by atoms with Gasteiger partial charge < -0.3 is 4.90 Å². The van der Waals surface area contributed by atoms with Crippen LogP contribution in [0.2, 0.25) is 0 Å². The van der Waals surface area contributed by atoms with E-state index in [1.54, 1.807) is 0 Å². The summed E-state index contributed by atoms with van der Waals surface area (Å²) in [7, 11) is 0. The van der Waals surface area contributed by atoms with Crippen molar-refractivity contribution in [3.63, 3.8) is 0 Å². The van der Waals surface area contributed by atoms with Crippen molar-refractivity contribution in [2.45, 2.75) is 39.0 Å². The van der Waals surface area contributed by atoms with Crippen LogP contribution in [-0.4, -0.2) is 28.6 Å². The molecule has 1 fully saturated rings. The zero-order chi connectivity index (χ0) is 16.1. The molecule has 0 spiro atoms. The van der Waals surface area contributed by atoms with Crippen molar-refractivity contribution < 1.29 is 4.79 Å². The molecule has 0 radical (unpaired) electrons. The second-order valence-corrected chi connectivity index (χ2v) is 6.79.